The molecule has 1 amide bonds. The number of benzene rings is 1. The maximum Gasteiger partial charge on any atom is 0.341 e. The molecule has 0 aliphatic rings. The maximum absolute atomic E-state index is 12.1. The number of nitrogens with one attached hydrogen (secondary N) is 2. The van der Waals surface area contributed by atoms with E-state index in [1.165, 1.54) is 18.5 Å². The molecule has 3 N–H and O–H groups in total. The Morgan fingerprint density at radius 3 is 2.54 bits per heavy atom. The highest BCUT2D eigenvalue weighted by Crippen LogP contribution is 2.19. The summed E-state index contributed by atoms with van der Waals surface area (Å²) in [7, 11) is -2.25. The van der Waals surface area contributed by atoms with Gasteiger partial charge in [0.1, 0.15) is 5.75 Å². The van der Waals surface area contributed by atoms with Gasteiger partial charge in [-0.15, -0.1) is 11.3 Å². The van der Waals surface area contributed by atoms with Crippen molar-refractivity contribution in [2.75, 3.05) is 20.2 Å². The monoisotopic (exact) mass is 398 g/mol. The lowest BCUT2D eigenvalue weighted by molar-refractivity contribution is -0.139. The number of carboxylic acids is 1. The summed E-state index contributed by atoms with van der Waals surface area (Å²) in [4.78, 5) is 22.9. The Morgan fingerprint density at radius 1 is 1.23 bits per heavy atom. The number of carboxylic acid groups (broad SMARTS) is 1. The topological polar surface area (TPSA) is 122 Å². The van der Waals surface area contributed by atoms with Gasteiger partial charge in [0.15, 0.2) is 6.61 Å². The van der Waals surface area contributed by atoms with Gasteiger partial charge in [0, 0.05) is 11.9 Å². The molecule has 0 aliphatic heterocycles. The molecule has 0 fully saturated rings. The van der Waals surface area contributed by atoms with Gasteiger partial charge in [-0.25, -0.2) is 17.9 Å². The van der Waals surface area contributed by atoms with Crippen LogP contribution in [0.2, 0.25) is 0 Å². The summed E-state index contributed by atoms with van der Waals surface area (Å²) in [5.41, 5.74) is 0.942. The van der Waals surface area contributed by atoms with Crippen molar-refractivity contribution in [1.82, 2.24) is 10.0 Å². The molecule has 10 heteroatoms. The lowest BCUT2D eigenvalue weighted by atomic mass is 10.1. The van der Waals surface area contributed by atoms with E-state index in [4.69, 9.17) is 9.84 Å². The van der Waals surface area contributed by atoms with Gasteiger partial charge in [0.05, 0.1) is 9.77 Å². The zero-order valence-corrected chi connectivity index (χ0v) is 15.5. The zero-order chi connectivity index (χ0) is 19.2. The first-order valence-corrected chi connectivity index (χ1v) is 9.92. The number of thiophene rings is 1. The van der Waals surface area contributed by atoms with Crippen molar-refractivity contribution in [3.63, 3.8) is 0 Å². The van der Waals surface area contributed by atoms with Crippen LogP contribution in [0.4, 0.5) is 0 Å². The summed E-state index contributed by atoms with van der Waals surface area (Å²) in [5.74, 6) is -0.929. The Bertz CT molecular complexity index is 874. The van der Waals surface area contributed by atoms with Crippen LogP contribution in [0.25, 0.3) is 0 Å². The number of amides is 1. The van der Waals surface area contributed by atoms with Gasteiger partial charge in [-0.05, 0) is 37.2 Å². The van der Waals surface area contributed by atoms with E-state index >= 15 is 0 Å². The van der Waals surface area contributed by atoms with E-state index in [-0.39, 0.29) is 10.8 Å². The molecule has 8 nitrogen and oxygen atoms in total. The van der Waals surface area contributed by atoms with Crippen LogP contribution in [0.1, 0.15) is 15.2 Å². The molecule has 0 aliphatic carbocycles. The second kappa shape index (κ2) is 8.79. The van der Waals surface area contributed by atoms with E-state index in [1.807, 2.05) is 0 Å². The van der Waals surface area contributed by atoms with Gasteiger partial charge >= 0.3 is 5.97 Å². The van der Waals surface area contributed by atoms with E-state index in [9.17, 15) is 18.0 Å². The van der Waals surface area contributed by atoms with Gasteiger partial charge in [0.25, 0.3) is 5.91 Å². The normalized spacial score (nSPS) is 11.1. The van der Waals surface area contributed by atoms with Crippen LogP contribution < -0.4 is 14.8 Å². The van der Waals surface area contributed by atoms with Crippen LogP contribution >= 0.6 is 11.3 Å². The molecule has 2 rings (SSSR count). The summed E-state index contributed by atoms with van der Waals surface area (Å²) < 4.78 is 30.6. The second-order valence-corrected chi connectivity index (χ2v) is 7.98. The number of rotatable bonds is 9. The number of hydrogen-bond donors (Lipinski definition) is 3. The number of sulfonamides is 1. The van der Waals surface area contributed by atoms with Crippen molar-refractivity contribution in [3.8, 4) is 5.75 Å². The van der Waals surface area contributed by atoms with Crippen molar-refractivity contribution in [3.05, 3.63) is 46.2 Å². The highest BCUT2D eigenvalue weighted by Gasteiger charge is 2.16. The van der Waals surface area contributed by atoms with Gasteiger partial charge in [-0.3, -0.25) is 4.79 Å². The van der Waals surface area contributed by atoms with Gasteiger partial charge < -0.3 is 15.2 Å². The first-order chi connectivity index (χ1) is 12.3. The third-order valence-corrected chi connectivity index (χ3v) is 5.84. The second-order valence-electron chi connectivity index (χ2n) is 5.19. The first-order valence-electron chi connectivity index (χ1n) is 7.55. The Kier molecular flexibility index (Phi) is 6.72. The summed E-state index contributed by atoms with van der Waals surface area (Å²) in [6.45, 7) is -0.0261. The molecule has 0 spiro atoms. The average molecular weight is 398 g/mol. The first kappa shape index (κ1) is 19.9. The smallest absolute Gasteiger partial charge is 0.341 e. The molecular formula is C16H18N2O6S2. The molecule has 26 heavy (non-hydrogen) atoms. The molecule has 1 aromatic heterocycles. The van der Waals surface area contributed by atoms with Crippen LogP contribution in [-0.4, -0.2) is 45.6 Å². The summed E-state index contributed by atoms with van der Waals surface area (Å²) in [5, 5.41) is 12.7. The van der Waals surface area contributed by atoms with Crippen molar-refractivity contribution >= 4 is 33.2 Å². The summed E-state index contributed by atoms with van der Waals surface area (Å²) >= 11 is 1.06. The fourth-order valence-electron chi connectivity index (χ4n) is 2.00. The van der Waals surface area contributed by atoms with E-state index in [0.29, 0.717) is 23.6 Å². The summed E-state index contributed by atoms with van der Waals surface area (Å²) in [6.07, 6.45) is 0.567. The number of carbonyl (C=O) groups excluding carboxylic acids is 1. The number of ether oxygens (including phenoxy) is 1. The standard InChI is InChI=1S/C16H18N2O6S2/c1-17-26(22,23)13-8-14(25-10-13)16(21)18-7-6-11-2-4-12(5-3-11)24-9-15(19)20/h2-5,8,10,17H,6-7,9H2,1H3,(H,18,21)(H,19,20). The van der Waals surface area contributed by atoms with Crippen molar-refractivity contribution in [1.29, 1.82) is 0 Å². The summed E-state index contributed by atoms with van der Waals surface area (Å²) in [6, 6.07) is 8.22. The molecule has 0 saturated carbocycles. The molecule has 1 aromatic carbocycles. The predicted octanol–water partition coefficient (Wildman–Crippen LogP) is 1.09. The van der Waals surface area contributed by atoms with Gasteiger partial charge in [0.2, 0.25) is 10.0 Å². The van der Waals surface area contributed by atoms with Crippen molar-refractivity contribution in [2.45, 2.75) is 11.3 Å². The van der Waals surface area contributed by atoms with Crippen molar-refractivity contribution < 1.29 is 27.9 Å². The average Bonchev–Trinajstić information content (AvgIpc) is 3.12. The molecule has 0 atom stereocenters. The quantitative estimate of drug-likeness (QED) is 0.581. The molecule has 0 bridgehead atoms. The lowest BCUT2D eigenvalue weighted by Gasteiger charge is -2.06. The molecule has 140 valence electrons. The maximum atomic E-state index is 12.1. The van der Waals surface area contributed by atoms with Gasteiger partial charge in [-0.2, -0.15) is 0 Å². The highest BCUT2D eigenvalue weighted by atomic mass is 32.2. The molecule has 0 saturated heterocycles. The van der Waals surface area contributed by atoms with Crippen LogP contribution in [0.15, 0.2) is 40.6 Å². The highest BCUT2D eigenvalue weighted by molar-refractivity contribution is 7.89. The number of hydrogen-bond acceptors (Lipinski definition) is 6. The third kappa shape index (κ3) is 5.55. The van der Waals surface area contributed by atoms with Crippen LogP contribution in [0.3, 0.4) is 0 Å². The largest absolute Gasteiger partial charge is 0.482 e. The SMILES string of the molecule is CNS(=O)(=O)c1csc(C(=O)NCCc2ccc(OCC(=O)O)cc2)c1. The van der Waals surface area contributed by atoms with Gasteiger partial charge in [-0.1, -0.05) is 12.1 Å². The molecular weight excluding hydrogens is 380 g/mol. The molecule has 1 heterocycles. The molecule has 0 unspecified atom stereocenters. The van der Waals surface area contributed by atoms with Crippen LogP contribution in [-0.2, 0) is 21.2 Å². The van der Waals surface area contributed by atoms with Crippen LogP contribution in [0.5, 0.6) is 5.75 Å². The molecule has 2 aromatic rings. The Labute approximate surface area is 154 Å². The Balaban J connectivity index is 1.84. The van der Waals surface area contributed by atoms with E-state index < -0.39 is 22.6 Å². The van der Waals surface area contributed by atoms with E-state index in [2.05, 4.69) is 10.0 Å². The fourth-order valence-corrected chi connectivity index (χ4v) is 3.92. The predicted molar refractivity (Wildman–Crippen MR) is 96.2 cm³/mol. The minimum absolute atomic E-state index is 0.0621. The number of carbonyl (C=O) groups is 2. The zero-order valence-electron chi connectivity index (χ0n) is 13.9. The molecule has 0 radical (unpaired) electrons. The van der Waals surface area contributed by atoms with Crippen molar-refractivity contribution in [2.24, 2.45) is 0 Å². The Morgan fingerprint density at radius 2 is 1.92 bits per heavy atom. The van der Waals surface area contributed by atoms with Crippen LogP contribution in [0, 0.1) is 0 Å². The van der Waals surface area contributed by atoms with E-state index in [1.54, 1.807) is 24.3 Å². The van der Waals surface area contributed by atoms with E-state index in [0.717, 1.165) is 16.9 Å². The minimum atomic E-state index is -3.56. The Hall–Kier alpha value is -2.43. The third-order valence-electron chi connectivity index (χ3n) is 3.36. The lowest BCUT2D eigenvalue weighted by Crippen LogP contribution is -2.25. The number of aliphatic carboxylic acids is 1. The minimum Gasteiger partial charge on any atom is -0.482 e. The fraction of sp³-hybridized carbons (Fsp3) is 0.250.